The van der Waals surface area contributed by atoms with Crippen LogP contribution in [0.25, 0.3) is 0 Å². The molecular weight excluding hydrogens is 462 g/mol. The molecule has 34 heavy (non-hydrogen) atoms. The summed E-state index contributed by atoms with van der Waals surface area (Å²) in [5.41, 5.74) is 1.06. The van der Waals surface area contributed by atoms with Crippen LogP contribution in [0.4, 0.5) is 5.69 Å². The third-order valence-corrected chi connectivity index (χ3v) is 8.29. The van der Waals surface area contributed by atoms with Crippen LogP contribution in [0.15, 0.2) is 41.3 Å². The number of hydrogen-bond donors (Lipinski definition) is 1. The van der Waals surface area contributed by atoms with Gasteiger partial charge in [0.2, 0.25) is 15.9 Å². The second kappa shape index (κ2) is 9.59. The van der Waals surface area contributed by atoms with Gasteiger partial charge >= 0.3 is 0 Å². The molecule has 182 valence electrons. The van der Waals surface area contributed by atoms with E-state index in [1.807, 2.05) is 25.1 Å². The van der Waals surface area contributed by atoms with Crippen LogP contribution < -0.4 is 14.8 Å². The minimum Gasteiger partial charge on any atom is -0.486 e. The van der Waals surface area contributed by atoms with Crippen LogP contribution in [0.2, 0.25) is 0 Å². The summed E-state index contributed by atoms with van der Waals surface area (Å²) in [4.78, 5) is 23.3. The van der Waals surface area contributed by atoms with Crippen LogP contribution in [-0.2, 0) is 14.8 Å². The van der Waals surface area contributed by atoms with E-state index in [1.54, 1.807) is 6.92 Å². The minimum absolute atomic E-state index is 0.0724. The summed E-state index contributed by atoms with van der Waals surface area (Å²) in [6.07, 6.45) is 0.736. The molecule has 0 aromatic heterocycles. The summed E-state index contributed by atoms with van der Waals surface area (Å²) in [5, 5.41) is 14.1. The van der Waals surface area contributed by atoms with Gasteiger partial charge in [-0.15, -0.1) is 0 Å². The van der Waals surface area contributed by atoms with Crippen molar-refractivity contribution >= 4 is 21.6 Å². The van der Waals surface area contributed by atoms with E-state index < -0.39 is 14.9 Å². The Morgan fingerprint density at radius 1 is 1.12 bits per heavy atom. The number of aryl methyl sites for hydroxylation is 1. The molecule has 0 bridgehead atoms. The minimum atomic E-state index is -3.90. The fraction of sp³-hybridized carbons (Fsp3) is 0.435. The third-order valence-electron chi connectivity index (χ3n) is 6.25. The number of carbonyl (C=O) groups is 1. The highest BCUT2D eigenvalue weighted by Gasteiger charge is 2.34. The summed E-state index contributed by atoms with van der Waals surface area (Å²) in [5.74, 6) is 0.879. The normalized spacial score (nSPS) is 17.7. The molecule has 1 N–H and O–H groups in total. The van der Waals surface area contributed by atoms with Crippen LogP contribution in [-0.4, -0.2) is 49.9 Å². The number of ether oxygens (including phenoxy) is 2. The molecule has 2 heterocycles. The number of non-ortho nitro benzene ring substituents is 1. The molecule has 1 atom stereocenters. The molecule has 11 heteroatoms. The molecule has 1 amide bonds. The number of fused-ring (bicyclic) bond motifs is 1. The second-order valence-corrected chi connectivity index (χ2v) is 10.4. The Kier molecular flexibility index (Phi) is 6.76. The second-order valence-electron chi connectivity index (χ2n) is 8.52. The van der Waals surface area contributed by atoms with Crippen molar-refractivity contribution in [1.29, 1.82) is 0 Å². The van der Waals surface area contributed by atoms with Gasteiger partial charge in [-0.25, -0.2) is 8.42 Å². The maximum Gasteiger partial charge on any atom is 0.270 e. The fourth-order valence-corrected chi connectivity index (χ4v) is 5.94. The van der Waals surface area contributed by atoms with Crippen molar-refractivity contribution in [2.45, 2.75) is 37.6 Å². The van der Waals surface area contributed by atoms with Crippen LogP contribution in [0.5, 0.6) is 11.5 Å². The Morgan fingerprint density at radius 3 is 2.47 bits per heavy atom. The number of piperidine rings is 1. The quantitative estimate of drug-likeness (QED) is 0.488. The molecule has 10 nitrogen and oxygen atoms in total. The molecule has 2 aromatic carbocycles. The largest absolute Gasteiger partial charge is 0.486 e. The Bertz CT molecular complexity index is 1210. The fourth-order valence-electron chi connectivity index (χ4n) is 4.22. The van der Waals surface area contributed by atoms with Crippen LogP contribution in [0, 0.1) is 23.0 Å². The SMILES string of the molecule is Cc1ccc([N+](=O)[O-])cc1S(=O)(=O)N1CCC(C(=O)N[C@@H](C)c2ccc3c(c2)OCCO3)CC1. The highest BCUT2D eigenvalue weighted by atomic mass is 32.2. The van der Waals surface area contributed by atoms with Crippen LogP contribution >= 0.6 is 0 Å². The Morgan fingerprint density at radius 2 is 1.79 bits per heavy atom. The number of sulfonamides is 1. The third kappa shape index (κ3) is 4.85. The lowest BCUT2D eigenvalue weighted by atomic mass is 9.96. The highest BCUT2D eigenvalue weighted by Crippen LogP contribution is 2.33. The number of nitro groups is 1. The van der Waals surface area contributed by atoms with E-state index in [4.69, 9.17) is 9.47 Å². The summed E-state index contributed by atoms with van der Waals surface area (Å²) < 4.78 is 38.7. The highest BCUT2D eigenvalue weighted by molar-refractivity contribution is 7.89. The number of hydrogen-bond acceptors (Lipinski definition) is 7. The predicted molar refractivity (Wildman–Crippen MR) is 123 cm³/mol. The van der Waals surface area contributed by atoms with Gasteiger partial charge in [0, 0.05) is 31.1 Å². The van der Waals surface area contributed by atoms with Crippen molar-refractivity contribution in [2.75, 3.05) is 26.3 Å². The molecule has 0 radical (unpaired) electrons. The lowest BCUT2D eigenvalue weighted by Gasteiger charge is -2.31. The first-order valence-corrected chi connectivity index (χ1v) is 12.6. The van der Waals surface area contributed by atoms with Crippen molar-refractivity contribution in [3.63, 3.8) is 0 Å². The molecule has 0 aliphatic carbocycles. The summed E-state index contributed by atoms with van der Waals surface area (Å²) in [7, 11) is -3.90. The molecule has 1 fully saturated rings. The van der Waals surface area contributed by atoms with E-state index in [2.05, 4.69) is 5.32 Å². The average molecular weight is 490 g/mol. The maximum absolute atomic E-state index is 13.1. The number of amides is 1. The molecule has 4 rings (SSSR count). The zero-order valence-electron chi connectivity index (χ0n) is 19.0. The van der Waals surface area contributed by atoms with Crippen molar-refractivity contribution in [3.05, 3.63) is 57.6 Å². The Hall–Kier alpha value is -3.18. The predicted octanol–water partition coefficient (Wildman–Crippen LogP) is 2.95. The average Bonchev–Trinajstić information content (AvgIpc) is 2.83. The molecular formula is C23H27N3O7S. The lowest BCUT2D eigenvalue weighted by molar-refractivity contribution is -0.385. The lowest BCUT2D eigenvalue weighted by Crippen LogP contribution is -2.43. The Labute approximate surface area is 198 Å². The zero-order chi connectivity index (χ0) is 24.5. The molecule has 0 unspecified atom stereocenters. The monoisotopic (exact) mass is 489 g/mol. The smallest absolute Gasteiger partial charge is 0.270 e. The van der Waals surface area contributed by atoms with E-state index >= 15 is 0 Å². The summed E-state index contributed by atoms with van der Waals surface area (Å²) in [6.45, 7) is 4.81. The standard InChI is InChI=1S/C23H27N3O7S/c1-15-3-5-19(26(28)29)14-22(15)34(30,31)25-9-7-17(8-10-25)23(27)24-16(2)18-4-6-20-21(13-18)33-12-11-32-20/h3-6,13-14,16-17H,7-12H2,1-2H3,(H,24,27)/t16-/m0/s1. The molecule has 2 aliphatic heterocycles. The Balaban J connectivity index is 1.38. The first kappa shape index (κ1) is 24.0. The van der Waals surface area contributed by atoms with Gasteiger partial charge in [0.25, 0.3) is 5.69 Å². The number of nitrogens with zero attached hydrogens (tertiary/aromatic N) is 2. The van der Waals surface area contributed by atoms with Crippen LogP contribution in [0.3, 0.4) is 0 Å². The van der Waals surface area contributed by atoms with Gasteiger partial charge in [0.15, 0.2) is 11.5 Å². The van der Waals surface area contributed by atoms with Crippen molar-refractivity contribution < 1.29 is 27.6 Å². The zero-order valence-corrected chi connectivity index (χ0v) is 19.8. The van der Waals surface area contributed by atoms with E-state index in [9.17, 15) is 23.3 Å². The van der Waals surface area contributed by atoms with Crippen molar-refractivity contribution in [3.8, 4) is 11.5 Å². The molecule has 1 saturated heterocycles. The van der Waals surface area contributed by atoms with Crippen molar-refractivity contribution in [1.82, 2.24) is 9.62 Å². The number of benzene rings is 2. The van der Waals surface area contributed by atoms with Gasteiger partial charge in [-0.05, 0) is 49.9 Å². The van der Waals surface area contributed by atoms with Gasteiger partial charge in [-0.3, -0.25) is 14.9 Å². The van der Waals surface area contributed by atoms with Gasteiger partial charge in [0.05, 0.1) is 15.9 Å². The molecule has 0 saturated carbocycles. The van der Waals surface area contributed by atoms with Crippen molar-refractivity contribution in [2.24, 2.45) is 5.92 Å². The van der Waals surface area contributed by atoms with E-state index in [-0.39, 0.29) is 41.5 Å². The molecule has 2 aromatic rings. The number of rotatable bonds is 6. The summed E-state index contributed by atoms with van der Waals surface area (Å²) in [6, 6.07) is 9.13. The first-order chi connectivity index (χ1) is 16.2. The van der Waals surface area contributed by atoms with E-state index in [0.717, 1.165) is 11.6 Å². The summed E-state index contributed by atoms with van der Waals surface area (Å²) >= 11 is 0. The first-order valence-electron chi connectivity index (χ1n) is 11.1. The number of nitrogens with one attached hydrogen (secondary N) is 1. The van der Waals surface area contributed by atoms with Gasteiger partial charge in [-0.1, -0.05) is 12.1 Å². The van der Waals surface area contributed by atoms with Crippen LogP contribution in [0.1, 0.15) is 36.9 Å². The van der Waals surface area contributed by atoms with E-state index in [1.165, 1.54) is 16.4 Å². The topological polar surface area (TPSA) is 128 Å². The maximum atomic E-state index is 13.1. The number of nitro benzene ring substituents is 1. The van der Waals surface area contributed by atoms with Gasteiger partial charge in [0.1, 0.15) is 13.2 Å². The molecule has 0 spiro atoms. The number of carbonyl (C=O) groups excluding carboxylic acids is 1. The van der Waals surface area contributed by atoms with Gasteiger partial charge in [-0.2, -0.15) is 4.31 Å². The molecule has 2 aliphatic rings. The van der Waals surface area contributed by atoms with E-state index in [0.29, 0.717) is 43.1 Å². The van der Waals surface area contributed by atoms with Gasteiger partial charge < -0.3 is 14.8 Å².